The molecule has 0 radical (unpaired) electrons. The minimum Gasteiger partial charge on any atom is -0.391 e. The van der Waals surface area contributed by atoms with Crippen molar-refractivity contribution in [3.8, 4) is 0 Å². The van der Waals surface area contributed by atoms with E-state index in [-0.39, 0.29) is 18.8 Å². The first-order valence-electron chi connectivity index (χ1n) is 6.24. The van der Waals surface area contributed by atoms with Crippen LogP contribution in [0.5, 0.6) is 0 Å². The molecule has 7 heteroatoms. The molecule has 0 bridgehead atoms. The normalized spacial score (nSPS) is 13.9. The Kier molecular flexibility index (Phi) is 7.94. The molecule has 19 heavy (non-hydrogen) atoms. The molecule has 0 aromatic rings. The van der Waals surface area contributed by atoms with Gasteiger partial charge in [-0.25, -0.2) is 9.59 Å². The molecular weight excluding hydrogens is 250 g/mol. The van der Waals surface area contributed by atoms with E-state index in [1.807, 2.05) is 13.8 Å². The fraction of sp³-hybridized carbons (Fsp3) is 0.750. The number of esters is 2. The van der Waals surface area contributed by atoms with Crippen LogP contribution < -0.4 is 16.8 Å². The molecule has 0 aromatic carbocycles. The molecule has 7 nitrogen and oxygen atoms in total. The van der Waals surface area contributed by atoms with Gasteiger partial charge >= 0.3 is 11.9 Å². The lowest BCUT2D eigenvalue weighted by atomic mass is 10.0. The molecule has 0 heterocycles. The number of ether oxygens (including phenoxy) is 1. The third kappa shape index (κ3) is 7.53. The van der Waals surface area contributed by atoms with Gasteiger partial charge in [-0.1, -0.05) is 13.8 Å². The van der Waals surface area contributed by atoms with Gasteiger partial charge in [-0.3, -0.25) is 4.79 Å². The van der Waals surface area contributed by atoms with Crippen molar-refractivity contribution in [1.29, 1.82) is 0 Å². The van der Waals surface area contributed by atoms with E-state index in [0.717, 1.165) is 0 Å². The average Bonchev–Trinajstić information content (AvgIpc) is 2.32. The van der Waals surface area contributed by atoms with Crippen molar-refractivity contribution in [3.05, 3.63) is 0 Å². The fourth-order valence-corrected chi connectivity index (χ4v) is 1.46. The van der Waals surface area contributed by atoms with Crippen molar-refractivity contribution >= 4 is 17.8 Å². The van der Waals surface area contributed by atoms with Crippen molar-refractivity contribution in [3.63, 3.8) is 0 Å². The zero-order valence-electron chi connectivity index (χ0n) is 11.6. The maximum atomic E-state index is 11.7. The van der Waals surface area contributed by atoms with Crippen LogP contribution in [0.3, 0.4) is 0 Å². The summed E-state index contributed by atoms with van der Waals surface area (Å²) in [5.41, 5.74) is 10.4. The number of nitrogens with two attached hydrogens (primary N) is 2. The molecule has 0 fully saturated rings. The second-order valence-electron chi connectivity index (χ2n) is 4.82. The molecule has 5 N–H and O–H groups in total. The number of amides is 1. The minimum absolute atomic E-state index is 0.0219. The average molecular weight is 273 g/mol. The van der Waals surface area contributed by atoms with Crippen molar-refractivity contribution < 1.29 is 19.1 Å². The Balaban J connectivity index is 4.29. The summed E-state index contributed by atoms with van der Waals surface area (Å²) in [5.74, 6) is -1.77. The summed E-state index contributed by atoms with van der Waals surface area (Å²) in [4.78, 5) is 33.8. The highest BCUT2D eigenvalue weighted by Crippen LogP contribution is 2.07. The molecule has 0 saturated heterocycles. The third-order valence-electron chi connectivity index (χ3n) is 2.55. The lowest BCUT2D eigenvalue weighted by Gasteiger charge is -2.17. The second-order valence-corrected chi connectivity index (χ2v) is 4.82. The first-order chi connectivity index (χ1) is 8.77. The van der Waals surface area contributed by atoms with Crippen LogP contribution in [0.25, 0.3) is 0 Å². The molecule has 1 unspecified atom stereocenters. The number of hydrogen-bond donors (Lipinski definition) is 3. The predicted octanol–water partition coefficient (Wildman–Crippen LogP) is -0.717. The van der Waals surface area contributed by atoms with Crippen LogP contribution in [0.1, 0.15) is 33.1 Å². The molecule has 1 amide bonds. The molecule has 0 aliphatic carbocycles. The number of likely N-dealkylation sites (N-methyl/N-ethyl adjacent to an activating group) is 1. The molecule has 0 aromatic heterocycles. The quantitative estimate of drug-likeness (QED) is 0.396. The molecule has 0 saturated carbocycles. The maximum Gasteiger partial charge on any atom is 0.330 e. The van der Waals surface area contributed by atoms with E-state index in [0.29, 0.717) is 6.42 Å². The summed E-state index contributed by atoms with van der Waals surface area (Å²) < 4.78 is 4.68. The van der Waals surface area contributed by atoms with Crippen LogP contribution in [0.2, 0.25) is 0 Å². The Labute approximate surface area is 113 Å². The van der Waals surface area contributed by atoms with Crippen LogP contribution in [0.15, 0.2) is 0 Å². The summed E-state index contributed by atoms with van der Waals surface area (Å²) in [7, 11) is 1.62. The van der Waals surface area contributed by atoms with E-state index in [9.17, 15) is 14.4 Å². The molecule has 0 rings (SSSR count). The van der Waals surface area contributed by atoms with Gasteiger partial charge in [0.2, 0.25) is 5.91 Å². The number of nitrogens with one attached hydrogen (secondary N) is 1. The lowest BCUT2D eigenvalue weighted by Crippen LogP contribution is -2.41. The second kappa shape index (κ2) is 8.60. The number of rotatable bonds is 8. The lowest BCUT2D eigenvalue weighted by molar-refractivity contribution is -0.162. The van der Waals surface area contributed by atoms with E-state index in [1.54, 1.807) is 7.05 Å². The molecular formula is C12H23N3O4. The van der Waals surface area contributed by atoms with Gasteiger partial charge in [0.15, 0.2) is 0 Å². The highest BCUT2D eigenvalue weighted by atomic mass is 16.6. The van der Waals surface area contributed by atoms with Crippen LogP contribution in [0, 0.1) is 5.92 Å². The smallest absolute Gasteiger partial charge is 0.330 e. The van der Waals surface area contributed by atoms with E-state index in [4.69, 9.17) is 11.5 Å². The monoisotopic (exact) mass is 273 g/mol. The van der Waals surface area contributed by atoms with Crippen molar-refractivity contribution in [2.75, 3.05) is 7.05 Å². The van der Waals surface area contributed by atoms with Crippen LogP contribution in [-0.4, -0.2) is 37.0 Å². The van der Waals surface area contributed by atoms with Gasteiger partial charge < -0.3 is 21.5 Å². The third-order valence-corrected chi connectivity index (χ3v) is 2.55. The van der Waals surface area contributed by atoms with E-state index in [2.05, 4.69) is 10.1 Å². The van der Waals surface area contributed by atoms with Crippen LogP contribution in [-0.2, 0) is 19.1 Å². The zero-order chi connectivity index (χ0) is 15.0. The van der Waals surface area contributed by atoms with Gasteiger partial charge in [-0.2, -0.15) is 0 Å². The van der Waals surface area contributed by atoms with E-state index < -0.39 is 29.9 Å². The van der Waals surface area contributed by atoms with Gasteiger partial charge in [-0.15, -0.1) is 0 Å². The van der Waals surface area contributed by atoms with Gasteiger partial charge in [0.05, 0.1) is 0 Å². The van der Waals surface area contributed by atoms with Crippen molar-refractivity contribution in [1.82, 2.24) is 5.32 Å². The largest absolute Gasteiger partial charge is 0.391 e. The first-order valence-corrected chi connectivity index (χ1v) is 6.24. The Morgan fingerprint density at radius 3 is 2.21 bits per heavy atom. The number of carbonyl (C=O) groups is 3. The van der Waals surface area contributed by atoms with Crippen molar-refractivity contribution in [2.45, 2.75) is 45.2 Å². The standard InChI is InChI=1S/C12H23N3O4/c1-7(2)6-9(15-3)12(18)19-11(17)8(13)4-5-10(14)16/h7-9,15H,4-6,13H2,1-3H3,(H2,14,16)/t8?,9-/m0/s1. The molecule has 2 atom stereocenters. The van der Waals surface area contributed by atoms with Crippen LogP contribution in [0.4, 0.5) is 0 Å². The van der Waals surface area contributed by atoms with Gasteiger partial charge in [0.1, 0.15) is 12.1 Å². The Bertz CT molecular complexity index is 331. The summed E-state index contributed by atoms with van der Waals surface area (Å²) in [6.45, 7) is 3.91. The first kappa shape index (κ1) is 17.5. The topological polar surface area (TPSA) is 125 Å². The van der Waals surface area contributed by atoms with Gasteiger partial charge in [0.25, 0.3) is 0 Å². The summed E-state index contributed by atoms with van der Waals surface area (Å²) >= 11 is 0. The summed E-state index contributed by atoms with van der Waals surface area (Å²) in [6.07, 6.45) is 0.598. The minimum atomic E-state index is -1.02. The number of primary amides is 1. The SMILES string of the molecule is CN[C@@H](CC(C)C)C(=O)OC(=O)C(N)CCC(N)=O. The molecule has 0 aliphatic rings. The maximum absolute atomic E-state index is 11.7. The Hall–Kier alpha value is -1.47. The number of carbonyl (C=O) groups excluding carboxylic acids is 3. The van der Waals surface area contributed by atoms with E-state index >= 15 is 0 Å². The molecule has 0 spiro atoms. The van der Waals surface area contributed by atoms with Crippen LogP contribution >= 0.6 is 0 Å². The molecule has 0 aliphatic heterocycles. The van der Waals surface area contributed by atoms with Crippen molar-refractivity contribution in [2.24, 2.45) is 17.4 Å². The predicted molar refractivity (Wildman–Crippen MR) is 69.8 cm³/mol. The van der Waals surface area contributed by atoms with Gasteiger partial charge in [0, 0.05) is 6.42 Å². The Morgan fingerprint density at radius 1 is 1.21 bits per heavy atom. The summed E-state index contributed by atoms with van der Waals surface area (Å²) in [6, 6.07) is -1.57. The number of hydrogen-bond acceptors (Lipinski definition) is 6. The van der Waals surface area contributed by atoms with Gasteiger partial charge in [-0.05, 0) is 25.8 Å². The summed E-state index contributed by atoms with van der Waals surface area (Å²) in [5, 5.41) is 2.79. The van der Waals surface area contributed by atoms with E-state index in [1.165, 1.54) is 0 Å². The Morgan fingerprint density at radius 2 is 1.79 bits per heavy atom. The highest BCUT2D eigenvalue weighted by Gasteiger charge is 2.25. The highest BCUT2D eigenvalue weighted by molar-refractivity contribution is 5.91. The zero-order valence-corrected chi connectivity index (χ0v) is 11.6. The molecule has 110 valence electrons. The fourth-order valence-electron chi connectivity index (χ4n) is 1.46.